The van der Waals surface area contributed by atoms with Crippen LogP contribution in [0.2, 0.25) is 0 Å². The molecule has 0 aliphatic rings. The number of nitrogens with two attached hydrogens (primary N) is 1. The van der Waals surface area contributed by atoms with Gasteiger partial charge in [-0.1, -0.05) is 6.08 Å². The van der Waals surface area contributed by atoms with E-state index in [0.717, 1.165) is 0 Å². The Hall–Kier alpha value is -1.78. The second-order valence-electron chi connectivity index (χ2n) is 2.83. The van der Waals surface area contributed by atoms with E-state index in [1.165, 1.54) is 6.20 Å². The van der Waals surface area contributed by atoms with E-state index in [1.807, 2.05) is 6.92 Å². The predicted molar refractivity (Wildman–Crippen MR) is 54.8 cm³/mol. The van der Waals surface area contributed by atoms with E-state index in [2.05, 4.69) is 16.8 Å². The van der Waals surface area contributed by atoms with Crippen LogP contribution in [0, 0.1) is 0 Å². The van der Waals surface area contributed by atoms with Crippen LogP contribution in [0.1, 0.15) is 17.3 Å². The Bertz CT molecular complexity index is 331. The van der Waals surface area contributed by atoms with Crippen LogP contribution >= 0.6 is 0 Å². The van der Waals surface area contributed by atoms with Gasteiger partial charge in [-0.3, -0.25) is 9.89 Å². The van der Waals surface area contributed by atoms with Crippen molar-refractivity contribution in [3.8, 4) is 0 Å². The summed E-state index contributed by atoms with van der Waals surface area (Å²) in [5.41, 5.74) is 5.95. The van der Waals surface area contributed by atoms with Crippen molar-refractivity contribution in [2.45, 2.75) is 6.92 Å². The zero-order valence-corrected chi connectivity index (χ0v) is 8.16. The maximum Gasteiger partial charge on any atom is 0.259 e. The molecule has 1 amide bonds. The fourth-order valence-electron chi connectivity index (χ4n) is 1.15. The molecular weight excluding hydrogens is 180 g/mol. The zero-order chi connectivity index (χ0) is 10.6. The SMILES string of the molecule is C=CCN(CC)C(=O)c1cn[nH]c1N. The van der Waals surface area contributed by atoms with Crippen LogP contribution in [0.4, 0.5) is 5.82 Å². The summed E-state index contributed by atoms with van der Waals surface area (Å²) in [5, 5.41) is 6.22. The molecule has 1 aromatic heterocycles. The third-order valence-electron chi connectivity index (χ3n) is 1.92. The minimum Gasteiger partial charge on any atom is -0.383 e. The monoisotopic (exact) mass is 194 g/mol. The van der Waals surface area contributed by atoms with Gasteiger partial charge in [0.1, 0.15) is 11.4 Å². The molecule has 0 aliphatic heterocycles. The molecule has 0 fully saturated rings. The van der Waals surface area contributed by atoms with Crippen LogP contribution in [-0.4, -0.2) is 34.1 Å². The molecule has 5 heteroatoms. The van der Waals surface area contributed by atoms with Gasteiger partial charge in [0.05, 0.1) is 6.20 Å². The van der Waals surface area contributed by atoms with E-state index in [-0.39, 0.29) is 5.91 Å². The van der Waals surface area contributed by atoms with E-state index in [1.54, 1.807) is 11.0 Å². The van der Waals surface area contributed by atoms with E-state index < -0.39 is 0 Å². The Balaban J connectivity index is 2.82. The third-order valence-corrected chi connectivity index (χ3v) is 1.92. The van der Waals surface area contributed by atoms with Gasteiger partial charge in [-0.25, -0.2) is 0 Å². The van der Waals surface area contributed by atoms with Crippen molar-refractivity contribution in [2.75, 3.05) is 18.8 Å². The molecule has 0 saturated heterocycles. The van der Waals surface area contributed by atoms with Gasteiger partial charge in [-0.15, -0.1) is 6.58 Å². The van der Waals surface area contributed by atoms with Gasteiger partial charge in [-0.2, -0.15) is 5.10 Å². The second kappa shape index (κ2) is 4.45. The molecular formula is C9H14N4O. The lowest BCUT2D eigenvalue weighted by Crippen LogP contribution is -2.31. The summed E-state index contributed by atoms with van der Waals surface area (Å²) in [7, 11) is 0. The topological polar surface area (TPSA) is 75.0 Å². The van der Waals surface area contributed by atoms with Gasteiger partial charge < -0.3 is 10.6 Å². The van der Waals surface area contributed by atoms with Crippen molar-refractivity contribution < 1.29 is 4.79 Å². The standard InChI is InChI=1S/C9H14N4O/c1-3-5-13(4-2)9(14)7-6-11-12-8(7)10/h3,6H,1,4-5H2,2H3,(H3,10,11,12). The average molecular weight is 194 g/mol. The van der Waals surface area contributed by atoms with Gasteiger partial charge in [0, 0.05) is 13.1 Å². The summed E-state index contributed by atoms with van der Waals surface area (Å²) in [6.45, 7) is 6.62. The summed E-state index contributed by atoms with van der Waals surface area (Å²) >= 11 is 0. The van der Waals surface area contributed by atoms with Crippen LogP contribution in [0.3, 0.4) is 0 Å². The lowest BCUT2D eigenvalue weighted by Gasteiger charge is -2.17. The molecule has 1 heterocycles. The minimum atomic E-state index is -0.126. The summed E-state index contributed by atoms with van der Waals surface area (Å²) in [6.07, 6.45) is 3.11. The number of anilines is 1. The highest BCUT2D eigenvalue weighted by Gasteiger charge is 2.16. The molecule has 0 bridgehead atoms. The summed E-state index contributed by atoms with van der Waals surface area (Å²) in [4.78, 5) is 13.4. The molecule has 0 radical (unpaired) electrons. The second-order valence-corrected chi connectivity index (χ2v) is 2.83. The third kappa shape index (κ3) is 1.93. The molecule has 0 spiro atoms. The van der Waals surface area contributed by atoms with E-state index in [4.69, 9.17) is 5.73 Å². The summed E-state index contributed by atoms with van der Waals surface area (Å²) in [6, 6.07) is 0. The number of H-pyrrole nitrogens is 1. The normalized spacial score (nSPS) is 9.79. The highest BCUT2D eigenvalue weighted by Crippen LogP contribution is 2.09. The van der Waals surface area contributed by atoms with Crippen molar-refractivity contribution in [1.29, 1.82) is 0 Å². The first kappa shape index (κ1) is 10.3. The number of carbonyl (C=O) groups excluding carboxylic acids is 1. The van der Waals surface area contributed by atoms with Crippen molar-refractivity contribution in [3.05, 3.63) is 24.4 Å². The zero-order valence-electron chi connectivity index (χ0n) is 8.16. The van der Waals surface area contributed by atoms with Crippen LogP contribution in [0.15, 0.2) is 18.9 Å². The Morgan fingerprint density at radius 1 is 1.86 bits per heavy atom. The lowest BCUT2D eigenvalue weighted by atomic mass is 10.3. The van der Waals surface area contributed by atoms with Gasteiger partial charge in [0.2, 0.25) is 0 Å². The number of nitrogens with one attached hydrogen (secondary N) is 1. The molecule has 0 saturated carbocycles. The van der Waals surface area contributed by atoms with Gasteiger partial charge in [-0.05, 0) is 6.92 Å². The molecule has 3 N–H and O–H groups in total. The molecule has 0 atom stereocenters. The fraction of sp³-hybridized carbons (Fsp3) is 0.333. The highest BCUT2D eigenvalue weighted by molar-refractivity contribution is 5.98. The number of hydrogen-bond acceptors (Lipinski definition) is 3. The average Bonchev–Trinajstić information content (AvgIpc) is 2.59. The molecule has 0 aromatic carbocycles. The van der Waals surface area contributed by atoms with Crippen molar-refractivity contribution in [1.82, 2.24) is 15.1 Å². The first-order chi connectivity index (χ1) is 6.70. The molecule has 1 rings (SSSR count). The number of amides is 1. The number of rotatable bonds is 4. The molecule has 1 aromatic rings. The number of aromatic nitrogens is 2. The number of likely N-dealkylation sites (N-methyl/N-ethyl adjacent to an activating group) is 1. The summed E-state index contributed by atoms with van der Waals surface area (Å²) in [5.74, 6) is 0.177. The minimum absolute atomic E-state index is 0.126. The van der Waals surface area contributed by atoms with Gasteiger partial charge in [0.25, 0.3) is 5.91 Å². The highest BCUT2D eigenvalue weighted by atomic mass is 16.2. The predicted octanol–water partition coefficient (Wildman–Crippen LogP) is 0.640. The van der Waals surface area contributed by atoms with Crippen LogP contribution < -0.4 is 5.73 Å². The van der Waals surface area contributed by atoms with Crippen LogP contribution in [-0.2, 0) is 0 Å². The molecule has 5 nitrogen and oxygen atoms in total. The number of carbonyl (C=O) groups is 1. The Kier molecular flexibility index (Phi) is 3.28. The quantitative estimate of drug-likeness (QED) is 0.691. The molecule has 76 valence electrons. The van der Waals surface area contributed by atoms with Crippen molar-refractivity contribution in [2.24, 2.45) is 0 Å². The van der Waals surface area contributed by atoms with Crippen LogP contribution in [0.5, 0.6) is 0 Å². The number of aromatic amines is 1. The maximum absolute atomic E-state index is 11.8. The van der Waals surface area contributed by atoms with E-state index >= 15 is 0 Å². The van der Waals surface area contributed by atoms with E-state index in [9.17, 15) is 4.79 Å². The van der Waals surface area contributed by atoms with Crippen molar-refractivity contribution >= 4 is 11.7 Å². The Morgan fingerprint density at radius 2 is 2.57 bits per heavy atom. The molecule has 14 heavy (non-hydrogen) atoms. The lowest BCUT2D eigenvalue weighted by molar-refractivity contribution is 0.0783. The first-order valence-electron chi connectivity index (χ1n) is 4.39. The number of nitrogens with zero attached hydrogens (tertiary/aromatic N) is 2. The molecule has 0 unspecified atom stereocenters. The summed E-state index contributed by atoms with van der Waals surface area (Å²) < 4.78 is 0. The van der Waals surface area contributed by atoms with Crippen LogP contribution in [0.25, 0.3) is 0 Å². The number of nitrogen functional groups attached to an aromatic ring is 1. The van der Waals surface area contributed by atoms with Gasteiger partial charge in [0.15, 0.2) is 0 Å². The smallest absolute Gasteiger partial charge is 0.259 e. The van der Waals surface area contributed by atoms with E-state index in [0.29, 0.717) is 24.5 Å². The molecule has 0 aliphatic carbocycles. The first-order valence-corrected chi connectivity index (χ1v) is 4.39. The fourth-order valence-corrected chi connectivity index (χ4v) is 1.15. The largest absolute Gasteiger partial charge is 0.383 e. The number of hydrogen-bond donors (Lipinski definition) is 2. The van der Waals surface area contributed by atoms with Gasteiger partial charge >= 0.3 is 0 Å². The van der Waals surface area contributed by atoms with Crippen molar-refractivity contribution in [3.63, 3.8) is 0 Å². The Morgan fingerprint density at radius 3 is 3.00 bits per heavy atom. The maximum atomic E-state index is 11.8. The Labute approximate surface area is 82.6 Å².